The molecule has 2 nitrogen and oxygen atoms in total. The topological polar surface area (TPSA) is 40.5 Å². The Hall–Kier alpha value is -2.68. The number of benzene rings is 4. The van der Waals surface area contributed by atoms with Gasteiger partial charge in [-0.05, 0) is 55.6 Å². The van der Waals surface area contributed by atoms with E-state index in [2.05, 4.69) is 48.5 Å². The van der Waals surface area contributed by atoms with Crippen LogP contribution in [0.4, 0.5) is 0 Å². The van der Waals surface area contributed by atoms with Crippen LogP contribution in [0.25, 0.3) is 38.4 Å². The normalized spacial score (nSPS) is 19.9. The van der Waals surface area contributed by atoms with Gasteiger partial charge in [0.1, 0.15) is 12.2 Å². The Bertz CT molecular complexity index is 1140. The van der Waals surface area contributed by atoms with Gasteiger partial charge in [-0.15, -0.1) is 0 Å². The van der Waals surface area contributed by atoms with Gasteiger partial charge in [-0.1, -0.05) is 60.7 Å². The first-order valence-corrected chi connectivity index (χ1v) is 8.15. The smallest absolute Gasteiger partial charge is 0.109 e. The Kier molecular flexibility index (Phi) is 2.81. The van der Waals surface area contributed by atoms with E-state index in [9.17, 15) is 10.2 Å². The van der Waals surface area contributed by atoms with E-state index >= 15 is 0 Å². The summed E-state index contributed by atoms with van der Waals surface area (Å²) in [4.78, 5) is 0. The van der Waals surface area contributed by atoms with Crippen LogP contribution < -0.4 is 0 Å². The van der Waals surface area contributed by atoms with E-state index in [1.807, 2.05) is 18.2 Å². The van der Waals surface area contributed by atoms with Crippen molar-refractivity contribution in [2.24, 2.45) is 0 Å². The highest BCUT2D eigenvalue weighted by molar-refractivity contribution is 6.13. The summed E-state index contributed by atoms with van der Waals surface area (Å²) in [6, 6.07) is 21.0. The fraction of sp³-hybridized carbons (Fsp3) is 0.0909. The predicted molar refractivity (Wildman–Crippen MR) is 99.0 cm³/mol. The third-order valence-electron chi connectivity index (χ3n) is 5.06. The molecule has 2 N–H and O–H groups in total. The largest absolute Gasteiger partial charge is 0.386 e. The van der Waals surface area contributed by atoms with Crippen LogP contribution in [0, 0.1) is 0 Å². The van der Waals surface area contributed by atoms with Gasteiger partial charge in [-0.2, -0.15) is 0 Å². The highest BCUT2D eigenvalue weighted by Gasteiger charge is 2.23. The monoisotopic (exact) mass is 312 g/mol. The van der Waals surface area contributed by atoms with Gasteiger partial charge >= 0.3 is 0 Å². The average Bonchev–Trinajstić information content (AvgIpc) is 2.63. The second-order valence-electron chi connectivity index (χ2n) is 6.44. The van der Waals surface area contributed by atoms with E-state index in [-0.39, 0.29) is 0 Å². The first-order valence-electron chi connectivity index (χ1n) is 8.15. The maximum Gasteiger partial charge on any atom is 0.109 e. The van der Waals surface area contributed by atoms with Crippen LogP contribution in [0.2, 0.25) is 0 Å². The lowest BCUT2D eigenvalue weighted by atomic mass is 9.87. The standard InChI is InChI=1S/C22H16O2/c23-21-10-9-17-18(22(21)24)8-7-15-11-14-6-5-13-3-1-2-4-16(13)19(14)12-20(15)17/h1-12,21-24H/t21-,22+/m0/s1. The molecule has 4 aromatic rings. The number of rotatable bonds is 0. The molecule has 24 heavy (non-hydrogen) atoms. The van der Waals surface area contributed by atoms with Crippen molar-refractivity contribution in [3.05, 3.63) is 77.9 Å². The lowest BCUT2D eigenvalue weighted by Gasteiger charge is -2.23. The Morgan fingerprint density at radius 2 is 1.42 bits per heavy atom. The zero-order valence-electron chi connectivity index (χ0n) is 13.0. The molecule has 0 heterocycles. The summed E-state index contributed by atoms with van der Waals surface area (Å²) >= 11 is 0. The van der Waals surface area contributed by atoms with Crippen LogP contribution in [0.3, 0.4) is 0 Å². The summed E-state index contributed by atoms with van der Waals surface area (Å²) in [5, 5.41) is 27.3. The lowest BCUT2D eigenvalue weighted by molar-refractivity contribution is 0.0471. The van der Waals surface area contributed by atoms with Crippen molar-refractivity contribution in [1.82, 2.24) is 0 Å². The van der Waals surface area contributed by atoms with Crippen molar-refractivity contribution in [1.29, 1.82) is 0 Å². The van der Waals surface area contributed by atoms with Gasteiger partial charge in [0, 0.05) is 0 Å². The molecule has 4 aromatic carbocycles. The van der Waals surface area contributed by atoms with Crippen LogP contribution in [-0.4, -0.2) is 16.3 Å². The van der Waals surface area contributed by atoms with Gasteiger partial charge in [0.05, 0.1) is 0 Å². The van der Waals surface area contributed by atoms with Crippen molar-refractivity contribution in [2.75, 3.05) is 0 Å². The number of hydrogen-bond donors (Lipinski definition) is 2. The molecule has 0 bridgehead atoms. The minimum absolute atomic E-state index is 0.789. The molecule has 0 amide bonds. The Morgan fingerprint density at radius 1 is 0.667 bits per heavy atom. The van der Waals surface area contributed by atoms with Crippen LogP contribution >= 0.6 is 0 Å². The molecule has 1 aliphatic carbocycles. The maximum atomic E-state index is 10.3. The molecule has 0 aromatic heterocycles. The van der Waals surface area contributed by atoms with E-state index in [1.54, 1.807) is 6.08 Å². The lowest BCUT2D eigenvalue weighted by Crippen LogP contribution is -2.19. The summed E-state index contributed by atoms with van der Waals surface area (Å²) in [6.45, 7) is 0. The zero-order chi connectivity index (χ0) is 16.3. The summed E-state index contributed by atoms with van der Waals surface area (Å²) in [6.07, 6.45) is 1.89. The molecule has 2 heteroatoms. The van der Waals surface area contributed by atoms with E-state index in [0.29, 0.717) is 0 Å². The molecule has 2 atom stereocenters. The number of fused-ring (bicyclic) bond motifs is 6. The van der Waals surface area contributed by atoms with Crippen molar-refractivity contribution in [2.45, 2.75) is 12.2 Å². The van der Waals surface area contributed by atoms with Crippen LogP contribution in [0.5, 0.6) is 0 Å². The van der Waals surface area contributed by atoms with Crippen molar-refractivity contribution >= 4 is 38.4 Å². The Balaban J connectivity index is 1.93. The van der Waals surface area contributed by atoms with Crippen LogP contribution in [0.15, 0.2) is 66.7 Å². The zero-order valence-corrected chi connectivity index (χ0v) is 13.0. The highest BCUT2D eigenvalue weighted by atomic mass is 16.3. The van der Waals surface area contributed by atoms with Crippen molar-refractivity contribution in [3.63, 3.8) is 0 Å². The third-order valence-corrected chi connectivity index (χ3v) is 5.06. The van der Waals surface area contributed by atoms with Gasteiger partial charge in [0.15, 0.2) is 0 Å². The Morgan fingerprint density at radius 3 is 2.33 bits per heavy atom. The molecule has 0 fully saturated rings. The fourth-order valence-corrected chi connectivity index (χ4v) is 3.80. The van der Waals surface area contributed by atoms with Gasteiger partial charge < -0.3 is 10.2 Å². The molecule has 0 radical (unpaired) electrons. The second kappa shape index (κ2) is 4.91. The molecule has 116 valence electrons. The predicted octanol–water partition coefficient (Wildman–Crippen LogP) is 4.57. The Labute approximate surface area is 139 Å². The molecular formula is C22H16O2. The summed E-state index contributed by atoms with van der Waals surface area (Å²) in [5.74, 6) is 0. The second-order valence-corrected chi connectivity index (χ2v) is 6.44. The molecule has 0 aliphatic heterocycles. The maximum absolute atomic E-state index is 10.3. The van der Waals surface area contributed by atoms with Crippen LogP contribution in [-0.2, 0) is 0 Å². The van der Waals surface area contributed by atoms with Crippen molar-refractivity contribution in [3.8, 4) is 0 Å². The molecule has 0 spiro atoms. The molecule has 0 unspecified atom stereocenters. The summed E-state index contributed by atoms with van der Waals surface area (Å²) < 4.78 is 0. The fourth-order valence-electron chi connectivity index (χ4n) is 3.80. The number of aliphatic hydroxyl groups is 2. The van der Waals surface area contributed by atoms with E-state index in [0.717, 1.165) is 21.9 Å². The quantitative estimate of drug-likeness (QED) is 0.369. The molecular weight excluding hydrogens is 296 g/mol. The SMILES string of the molecule is O[C@@H]1c2ccc3cc4ccc5ccccc5c4cc3c2C=C[C@@H]1O. The molecule has 0 saturated heterocycles. The molecule has 0 saturated carbocycles. The molecule has 5 rings (SSSR count). The highest BCUT2D eigenvalue weighted by Crippen LogP contribution is 2.36. The first kappa shape index (κ1) is 13.7. The minimum atomic E-state index is -0.863. The van der Waals surface area contributed by atoms with E-state index in [1.165, 1.54) is 21.5 Å². The van der Waals surface area contributed by atoms with Gasteiger partial charge in [0.2, 0.25) is 0 Å². The summed E-state index contributed by atoms with van der Waals surface area (Å²) in [5.41, 5.74) is 1.79. The van der Waals surface area contributed by atoms with Gasteiger partial charge in [0.25, 0.3) is 0 Å². The van der Waals surface area contributed by atoms with E-state index < -0.39 is 12.2 Å². The molecule has 1 aliphatic rings. The third kappa shape index (κ3) is 1.84. The first-order chi connectivity index (χ1) is 11.7. The number of hydrogen-bond acceptors (Lipinski definition) is 2. The van der Waals surface area contributed by atoms with E-state index in [4.69, 9.17) is 0 Å². The van der Waals surface area contributed by atoms with Gasteiger partial charge in [-0.25, -0.2) is 0 Å². The van der Waals surface area contributed by atoms with Gasteiger partial charge in [-0.3, -0.25) is 0 Å². The summed E-state index contributed by atoms with van der Waals surface area (Å²) in [7, 11) is 0. The minimum Gasteiger partial charge on any atom is -0.386 e. The van der Waals surface area contributed by atoms with Crippen LogP contribution in [0.1, 0.15) is 17.2 Å². The van der Waals surface area contributed by atoms with Crippen molar-refractivity contribution < 1.29 is 10.2 Å². The number of aliphatic hydroxyl groups excluding tert-OH is 2. The average molecular weight is 312 g/mol.